The van der Waals surface area contributed by atoms with Gasteiger partial charge >= 0.3 is 6.18 Å². The van der Waals surface area contributed by atoms with E-state index in [9.17, 15) is 39.5 Å². The SMILES string of the molecule is FC(F)(F)C1CC2C=CC1C2.FC1(F)CC2C=CC1C2.FC1C2C=CC(C2)C1F.FC1CC2C=CC1C2.FCC1CC2C=CC1C2. The van der Waals surface area contributed by atoms with Gasteiger partial charge in [0.05, 0.1) is 12.6 Å². The summed E-state index contributed by atoms with van der Waals surface area (Å²) in [5.41, 5.74) is 0. The van der Waals surface area contributed by atoms with E-state index in [1.807, 2.05) is 18.2 Å². The lowest BCUT2D eigenvalue weighted by Gasteiger charge is -2.20. The minimum absolute atomic E-state index is 0.0914. The average molecular weight is 661 g/mol. The molecule has 0 aromatic carbocycles. The topological polar surface area (TPSA) is 0 Å². The number of hydrogen-bond acceptors (Lipinski definition) is 0. The maximum absolute atomic E-state index is 12.6. The zero-order valence-electron chi connectivity index (χ0n) is 25.9. The zero-order chi connectivity index (χ0) is 32.8. The molecule has 0 heterocycles. The van der Waals surface area contributed by atoms with Crippen LogP contribution in [0.5, 0.6) is 0 Å². The minimum Gasteiger partial charge on any atom is -0.251 e. The molecule has 10 aliphatic carbocycles. The monoisotopic (exact) mass is 660 g/mol. The molecule has 10 rings (SSSR count). The molecule has 0 amide bonds. The van der Waals surface area contributed by atoms with Crippen LogP contribution >= 0.6 is 0 Å². The summed E-state index contributed by atoms with van der Waals surface area (Å²) in [6.07, 6.45) is 19.3. The van der Waals surface area contributed by atoms with Gasteiger partial charge in [0, 0.05) is 30.1 Å². The van der Waals surface area contributed by atoms with Crippen LogP contribution < -0.4 is 0 Å². The van der Waals surface area contributed by atoms with Gasteiger partial charge in [0.15, 0.2) is 0 Å². The number of halogens is 9. The highest BCUT2D eigenvalue weighted by Gasteiger charge is 2.51. The Morgan fingerprint density at radius 1 is 0.522 bits per heavy atom. The summed E-state index contributed by atoms with van der Waals surface area (Å²) in [6.45, 7) is -0.106. The van der Waals surface area contributed by atoms with Gasteiger partial charge in [0.1, 0.15) is 18.5 Å². The average Bonchev–Trinajstić information content (AvgIpc) is 3.87. The molecule has 0 aliphatic heterocycles. The normalized spacial score (nSPS) is 47.4. The van der Waals surface area contributed by atoms with Gasteiger partial charge in [-0.25, -0.2) is 22.0 Å². The van der Waals surface area contributed by atoms with Crippen LogP contribution in [0.25, 0.3) is 0 Å². The summed E-state index contributed by atoms with van der Waals surface area (Å²) in [4.78, 5) is 0. The molecule has 10 bridgehead atoms. The van der Waals surface area contributed by atoms with Crippen molar-refractivity contribution < 1.29 is 39.5 Å². The van der Waals surface area contributed by atoms with Crippen molar-refractivity contribution in [2.45, 2.75) is 88.4 Å². The van der Waals surface area contributed by atoms with Crippen LogP contribution in [0.4, 0.5) is 39.5 Å². The first kappa shape index (κ1) is 34.0. The van der Waals surface area contributed by atoms with Crippen molar-refractivity contribution >= 4 is 0 Å². The molecule has 0 aromatic rings. The second-order valence-corrected chi connectivity index (χ2v) is 15.2. The number of fused-ring (bicyclic) bond motifs is 10. The Kier molecular flexibility index (Phi) is 9.98. The van der Waals surface area contributed by atoms with Crippen LogP contribution in [0.1, 0.15) is 57.8 Å². The standard InChI is InChI=1S/C8H9F3.C8H11F.2C7H8F2.C7H9F/c9-8(10,11)7-4-5-1-2-6(7)3-5;9-5-8-4-6-1-2-7(8)3-6;8-7(9)4-5-1-2-6(7)3-5;8-6-4-1-2-5(3-4)7(6)9;8-7-4-5-1-2-6(7)3-5/h1-2,5-7H,3-4H2;1-2,6-8H,3-5H2;1-2,5-6H,3-4H2;1-2,4-7H,3H2;1-2,5-7H,3-4H2. The largest absolute Gasteiger partial charge is 0.392 e. The Balaban J connectivity index is 0.000000101. The van der Waals surface area contributed by atoms with Crippen LogP contribution in [0.15, 0.2) is 60.8 Å². The number of rotatable bonds is 1. The van der Waals surface area contributed by atoms with Crippen LogP contribution in [0.2, 0.25) is 0 Å². The molecule has 0 spiro atoms. The van der Waals surface area contributed by atoms with Crippen molar-refractivity contribution in [2.24, 2.45) is 71.0 Å². The third-order valence-corrected chi connectivity index (χ3v) is 12.0. The Bertz CT molecular complexity index is 1180. The molecule has 256 valence electrons. The second kappa shape index (κ2) is 13.5. The smallest absolute Gasteiger partial charge is 0.251 e. The Morgan fingerprint density at radius 3 is 1.26 bits per heavy atom. The van der Waals surface area contributed by atoms with Gasteiger partial charge in [-0.05, 0) is 92.8 Å². The fourth-order valence-electron chi connectivity index (χ4n) is 9.38. The molecule has 10 aliphatic rings. The summed E-state index contributed by atoms with van der Waals surface area (Å²) in [5, 5.41) is 0. The van der Waals surface area contributed by atoms with Crippen molar-refractivity contribution in [3.8, 4) is 0 Å². The first-order chi connectivity index (χ1) is 21.8. The van der Waals surface area contributed by atoms with E-state index >= 15 is 0 Å². The first-order valence-corrected chi connectivity index (χ1v) is 17.1. The van der Waals surface area contributed by atoms with Gasteiger partial charge in [-0.1, -0.05) is 60.8 Å². The lowest BCUT2D eigenvalue weighted by Crippen LogP contribution is -2.26. The predicted octanol–water partition coefficient (Wildman–Crippen LogP) is 10.9. The molecule has 5 fully saturated rings. The lowest BCUT2D eigenvalue weighted by molar-refractivity contribution is -0.180. The highest BCUT2D eigenvalue weighted by Crippen LogP contribution is 2.51. The molecular weight excluding hydrogens is 615 g/mol. The van der Waals surface area contributed by atoms with E-state index in [0.717, 1.165) is 31.6 Å². The molecule has 15 unspecified atom stereocenters. The van der Waals surface area contributed by atoms with E-state index in [1.54, 1.807) is 24.3 Å². The molecule has 9 heteroatoms. The maximum Gasteiger partial charge on any atom is 0.392 e. The molecule has 0 aromatic heterocycles. The van der Waals surface area contributed by atoms with E-state index < -0.39 is 42.4 Å². The maximum atomic E-state index is 12.6. The van der Waals surface area contributed by atoms with Crippen molar-refractivity contribution in [2.75, 3.05) is 6.67 Å². The number of alkyl halides is 9. The Hall–Kier alpha value is -1.93. The van der Waals surface area contributed by atoms with Crippen LogP contribution in [-0.2, 0) is 0 Å². The summed E-state index contributed by atoms with van der Waals surface area (Å²) < 4.78 is 112. The van der Waals surface area contributed by atoms with Crippen LogP contribution in [-0.4, -0.2) is 37.3 Å². The fourth-order valence-corrected chi connectivity index (χ4v) is 9.38. The van der Waals surface area contributed by atoms with Crippen LogP contribution in [0.3, 0.4) is 0 Å². The summed E-state index contributed by atoms with van der Waals surface area (Å²) >= 11 is 0. The number of hydrogen-bond donors (Lipinski definition) is 0. The van der Waals surface area contributed by atoms with Gasteiger partial charge in [0.2, 0.25) is 0 Å². The summed E-state index contributed by atoms with van der Waals surface area (Å²) in [6, 6.07) is 0. The van der Waals surface area contributed by atoms with E-state index in [1.165, 1.54) is 6.42 Å². The highest BCUT2D eigenvalue weighted by atomic mass is 19.4. The molecule has 0 radical (unpaired) electrons. The van der Waals surface area contributed by atoms with Gasteiger partial charge in [-0.15, -0.1) is 0 Å². The van der Waals surface area contributed by atoms with Gasteiger partial charge < -0.3 is 0 Å². The quantitative estimate of drug-likeness (QED) is 0.194. The van der Waals surface area contributed by atoms with Crippen molar-refractivity contribution in [1.82, 2.24) is 0 Å². The van der Waals surface area contributed by atoms with Crippen molar-refractivity contribution in [3.63, 3.8) is 0 Å². The first-order valence-electron chi connectivity index (χ1n) is 17.1. The van der Waals surface area contributed by atoms with E-state index in [2.05, 4.69) is 18.2 Å². The molecule has 5 saturated carbocycles. The van der Waals surface area contributed by atoms with Crippen molar-refractivity contribution in [3.05, 3.63) is 60.8 Å². The van der Waals surface area contributed by atoms with Gasteiger partial charge in [0.25, 0.3) is 5.92 Å². The highest BCUT2D eigenvalue weighted by molar-refractivity contribution is 5.16. The third kappa shape index (κ3) is 7.38. The third-order valence-electron chi connectivity index (χ3n) is 12.0. The molecule has 0 saturated heterocycles. The number of allylic oxidation sites excluding steroid dienone is 10. The summed E-state index contributed by atoms with van der Waals surface area (Å²) in [5.74, 6) is -1.28. The van der Waals surface area contributed by atoms with Gasteiger partial charge in [-0.3, -0.25) is 4.39 Å². The molecule has 0 N–H and O–H groups in total. The van der Waals surface area contributed by atoms with Crippen molar-refractivity contribution in [1.29, 1.82) is 0 Å². The summed E-state index contributed by atoms with van der Waals surface area (Å²) in [7, 11) is 0. The van der Waals surface area contributed by atoms with E-state index in [0.29, 0.717) is 42.9 Å². The molecule has 15 atom stereocenters. The van der Waals surface area contributed by atoms with E-state index in [4.69, 9.17) is 0 Å². The molecule has 0 nitrogen and oxygen atoms in total. The Morgan fingerprint density at radius 2 is 1.04 bits per heavy atom. The van der Waals surface area contributed by atoms with Crippen LogP contribution in [0, 0.1) is 71.0 Å². The fraction of sp³-hybridized carbons (Fsp3) is 0.730. The molecular formula is C37H45F9. The lowest BCUT2D eigenvalue weighted by atomic mass is 9.93. The predicted molar refractivity (Wildman–Crippen MR) is 161 cm³/mol. The minimum atomic E-state index is -3.97. The second-order valence-electron chi connectivity index (χ2n) is 15.2. The zero-order valence-corrected chi connectivity index (χ0v) is 25.9. The van der Waals surface area contributed by atoms with E-state index in [-0.39, 0.29) is 42.7 Å². The van der Waals surface area contributed by atoms with Gasteiger partial charge in [-0.2, -0.15) is 13.2 Å². The Labute approximate surface area is 266 Å². The molecule has 46 heavy (non-hydrogen) atoms.